The normalized spacial score (nSPS) is 16.0. The Kier molecular flexibility index (Phi) is 8.15. The Bertz CT molecular complexity index is 1760. The van der Waals surface area contributed by atoms with Crippen LogP contribution in [0.4, 0.5) is 16.0 Å². The number of halogens is 1. The van der Waals surface area contributed by atoms with Crippen molar-refractivity contribution in [2.75, 3.05) is 23.7 Å². The molecule has 1 aliphatic heterocycles. The predicted molar refractivity (Wildman–Crippen MR) is 165 cm³/mol. The van der Waals surface area contributed by atoms with E-state index >= 15 is 0 Å². The molecule has 3 aromatic heterocycles. The number of carbonyl (C=O) groups is 1. The number of carbonyl (C=O) groups excluding carboxylic acids is 1. The minimum Gasteiger partial charge on any atom is -0.459 e. The van der Waals surface area contributed by atoms with Crippen LogP contribution in [-0.4, -0.2) is 55.8 Å². The van der Waals surface area contributed by atoms with Crippen LogP contribution in [0.2, 0.25) is 0 Å². The van der Waals surface area contributed by atoms with Crippen molar-refractivity contribution in [2.24, 2.45) is 0 Å². The molecule has 5 aromatic rings. The Labute approximate surface area is 249 Å². The van der Waals surface area contributed by atoms with Gasteiger partial charge in [0.1, 0.15) is 6.10 Å². The summed E-state index contributed by atoms with van der Waals surface area (Å²) < 4.78 is 21.4. The molecule has 1 unspecified atom stereocenters. The van der Waals surface area contributed by atoms with Crippen LogP contribution >= 0.6 is 0 Å². The number of pyridine rings is 1. The predicted octanol–water partition coefficient (Wildman–Crippen LogP) is 5.50. The van der Waals surface area contributed by atoms with Gasteiger partial charge in [0.25, 0.3) is 5.91 Å². The van der Waals surface area contributed by atoms with Crippen LogP contribution in [-0.2, 0) is 11.3 Å². The fraction of sp³-hybridized carbons (Fsp3) is 0.344. The smallest absolute Gasteiger partial charge is 0.322 e. The maximum absolute atomic E-state index is 13.4. The summed E-state index contributed by atoms with van der Waals surface area (Å²) in [5.74, 6) is 0.0983. The van der Waals surface area contributed by atoms with Crippen molar-refractivity contribution in [3.63, 3.8) is 0 Å². The number of aromatic nitrogens is 5. The van der Waals surface area contributed by atoms with Gasteiger partial charge in [0.15, 0.2) is 11.8 Å². The van der Waals surface area contributed by atoms with E-state index in [1.54, 1.807) is 16.8 Å². The van der Waals surface area contributed by atoms with Crippen molar-refractivity contribution in [3.8, 4) is 17.3 Å². The molecular weight excluding hydrogens is 547 g/mol. The molecule has 0 aliphatic carbocycles. The van der Waals surface area contributed by atoms with E-state index in [2.05, 4.69) is 34.9 Å². The average Bonchev–Trinajstić information content (AvgIpc) is 3.45. The van der Waals surface area contributed by atoms with Crippen molar-refractivity contribution in [1.82, 2.24) is 29.9 Å². The molecule has 0 radical (unpaired) electrons. The van der Waals surface area contributed by atoms with Crippen molar-refractivity contribution < 1.29 is 13.9 Å². The second-order valence-corrected chi connectivity index (χ2v) is 11.1. The number of benzene rings is 2. The first-order valence-corrected chi connectivity index (χ1v) is 14.7. The van der Waals surface area contributed by atoms with Gasteiger partial charge in [-0.1, -0.05) is 44.2 Å². The third kappa shape index (κ3) is 6.12. The lowest BCUT2D eigenvalue weighted by molar-refractivity contribution is -0.120. The molecule has 6 rings (SSSR count). The highest BCUT2D eigenvalue weighted by Gasteiger charge is 2.21. The highest BCUT2D eigenvalue weighted by atomic mass is 19.1. The first-order chi connectivity index (χ1) is 20.9. The fourth-order valence-electron chi connectivity index (χ4n) is 5.31. The van der Waals surface area contributed by atoms with Crippen molar-refractivity contribution >= 4 is 34.0 Å². The van der Waals surface area contributed by atoms with Gasteiger partial charge in [0, 0.05) is 41.5 Å². The second kappa shape index (κ2) is 12.3. The van der Waals surface area contributed by atoms with E-state index in [1.165, 1.54) is 6.92 Å². The van der Waals surface area contributed by atoms with Gasteiger partial charge >= 0.3 is 6.01 Å². The van der Waals surface area contributed by atoms with E-state index in [-0.39, 0.29) is 12.0 Å². The summed E-state index contributed by atoms with van der Waals surface area (Å²) in [6.07, 6.45) is 4.00. The van der Waals surface area contributed by atoms with E-state index < -0.39 is 12.1 Å². The van der Waals surface area contributed by atoms with E-state index in [1.807, 2.05) is 48.7 Å². The van der Waals surface area contributed by atoms with Crippen LogP contribution in [0, 0.1) is 0 Å². The summed E-state index contributed by atoms with van der Waals surface area (Å²) in [4.78, 5) is 26.1. The zero-order valence-corrected chi connectivity index (χ0v) is 24.5. The quantitative estimate of drug-likeness (QED) is 0.209. The van der Waals surface area contributed by atoms with Crippen LogP contribution < -0.4 is 20.7 Å². The molecule has 1 amide bonds. The van der Waals surface area contributed by atoms with E-state index in [4.69, 9.17) is 19.7 Å². The third-order valence-corrected chi connectivity index (χ3v) is 7.62. The molecule has 10 nitrogen and oxygen atoms in total. The van der Waals surface area contributed by atoms with Crippen molar-refractivity contribution in [2.45, 2.75) is 58.4 Å². The maximum Gasteiger partial charge on any atom is 0.322 e. The number of hydrogen-bond acceptors (Lipinski definition) is 8. The number of nitrogens with one attached hydrogen (secondary N) is 3. The lowest BCUT2D eigenvalue weighted by Crippen LogP contribution is -2.37. The maximum atomic E-state index is 13.4. The summed E-state index contributed by atoms with van der Waals surface area (Å²) in [5.41, 5.74) is 5.04. The largest absolute Gasteiger partial charge is 0.459 e. The first kappa shape index (κ1) is 28.5. The molecule has 4 heterocycles. The van der Waals surface area contributed by atoms with Crippen LogP contribution in [0.15, 0.2) is 60.9 Å². The standard InChI is InChI=1S/C32H35FN8O2/c1-19(2)27-18-37-41-29(27)39-32(43-24-8-6-13-34-17-24)40-31(41)36-16-22-7-4-5-9-25(22)28-26-11-10-23(38-30(42)20(3)33)15-21(26)12-14-35-28/h4-5,7,9-12,14-15,18-20,24,34H,6,8,13,16-17H2,1-3H3,(H,38,42)(H,36,39,40)/t20?,24-/m1/s1. The number of rotatable bonds is 9. The summed E-state index contributed by atoms with van der Waals surface area (Å²) in [6.45, 7) is 7.65. The van der Waals surface area contributed by atoms with E-state index in [0.29, 0.717) is 24.2 Å². The Hall–Kier alpha value is -4.64. The Balaban J connectivity index is 1.31. The van der Waals surface area contributed by atoms with Crippen molar-refractivity contribution in [1.29, 1.82) is 0 Å². The number of amides is 1. The number of nitrogens with zero attached hydrogens (tertiary/aromatic N) is 5. The van der Waals surface area contributed by atoms with E-state index in [9.17, 15) is 9.18 Å². The molecule has 11 heteroatoms. The number of alkyl halides is 1. The molecule has 1 saturated heterocycles. The Morgan fingerprint density at radius 2 is 2.02 bits per heavy atom. The summed E-state index contributed by atoms with van der Waals surface area (Å²) in [7, 11) is 0. The summed E-state index contributed by atoms with van der Waals surface area (Å²) in [6, 6.07) is 15.7. The molecule has 1 fully saturated rings. The van der Waals surface area contributed by atoms with Gasteiger partial charge in [0.2, 0.25) is 5.95 Å². The fourth-order valence-corrected chi connectivity index (χ4v) is 5.31. The summed E-state index contributed by atoms with van der Waals surface area (Å²) >= 11 is 0. The van der Waals surface area contributed by atoms with Gasteiger partial charge in [-0.25, -0.2) is 4.39 Å². The molecule has 1 aliphatic rings. The average molecular weight is 583 g/mol. The molecular formula is C32H35FN8O2. The minimum absolute atomic E-state index is 0.0156. The van der Waals surface area contributed by atoms with Crippen LogP contribution in [0.25, 0.3) is 27.7 Å². The molecule has 0 bridgehead atoms. The molecule has 2 aromatic carbocycles. The SMILES string of the molecule is CC(F)C(=O)Nc1ccc2c(-c3ccccc3CNc3nc(O[C@@H]4CCCNC4)nc4c(C(C)C)cnn34)nccc2c1. The van der Waals surface area contributed by atoms with Gasteiger partial charge in [-0.05, 0) is 61.4 Å². The van der Waals surface area contributed by atoms with Crippen LogP contribution in [0.3, 0.4) is 0 Å². The number of fused-ring (bicyclic) bond motifs is 2. The van der Waals surface area contributed by atoms with Gasteiger partial charge in [-0.2, -0.15) is 19.6 Å². The van der Waals surface area contributed by atoms with Gasteiger partial charge in [-0.15, -0.1) is 0 Å². The lowest BCUT2D eigenvalue weighted by atomic mass is 9.99. The highest BCUT2D eigenvalue weighted by Crippen LogP contribution is 2.31. The lowest BCUT2D eigenvalue weighted by Gasteiger charge is -2.23. The molecule has 3 N–H and O–H groups in total. The third-order valence-electron chi connectivity index (χ3n) is 7.62. The zero-order chi connectivity index (χ0) is 29.9. The molecule has 43 heavy (non-hydrogen) atoms. The van der Waals surface area contributed by atoms with Crippen LogP contribution in [0.1, 0.15) is 50.7 Å². The van der Waals surface area contributed by atoms with E-state index in [0.717, 1.165) is 64.7 Å². The Morgan fingerprint density at radius 1 is 1.16 bits per heavy atom. The van der Waals surface area contributed by atoms with Gasteiger partial charge in [0.05, 0.1) is 11.9 Å². The second-order valence-electron chi connectivity index (χ2n) is 11.1. The van der Waals surface area contributed by atoms with Crippen molar-refractivity contribution in [3.05, 3.63) is 72.1 Å². The molecule has 0 spiro atoms. The Morgan fingerprint density at radius 3 is 2.81 bits per heavy atom. The monoisotopic (exact) mass is 582 g/mol. The zero-order valence-electron chi connectivity index (χ0n) is 24.5. The molecule has 222 valence electrons. The van der Waals surface area contributed by atoms with Crippen LogP contribution in [0.5, 0.6) is 6.01 Å². The molecule has 0 saturated carbocycles. The van der Waals surface area contributed by atoms with Gasteiger partial charge in [-0.3, -0.25) is 9.78 Å². The minimum atomic E-state index is -1.59. The topological polar surface area (TPSA) is 118 Å². The number of hydrogen-bond donors (Lipinski definition) is 3. The molecule has 2 atom stereocenters. The number of anilines is 2. The first-order valence-electron chi connectivity index (χ1n) is 14.7. The van der Waals surface area contributed by atoms with Gasteiger partial charge < -0.3 is 20.7 Å². The highest BCUT2D eigenvalue weighted by molar-refractivity contribution is 6.00. The number of piperidine rings is 1. The number of ether oxygens (including phenoxy) is 1. The summed E-state index contributed by atoms with van der Waals surface area (Å²) in [5, 5.41) is 15.9.